The minimum Gasteiger partial charge on any atom is -0.300 e. The first-order valence-electron chi connectivity index (χ1n) is 4.83. The number of hydrogen-bond acceptors (Lipinski definition) is 1. The molecule has 2 rings (SSSR count). The van der Waals surface area contributed by atoms with Crippen LogP contribution >= 0.6 is 11.6 Å². The maximum absolute atomic E-state index is 11.0. The van der Waals surface area contributed by atoms with Gasteiger partial charge in [0, 0.05) is 11.4 Å². The summed E-state index contributed by atoms with van der Waals surface area (Å²) in [5, 5.41) is 2.97. The number of carbonyl (C=O) groups excluding carboxylic acids is 1. The van der Waals surface area contributed by atoms with E-state index >= 15 is 0 Å². The van der Waals surface area contributed by atoms with Crippen molar-refractivity contribution >= 4 is 28.2 Å². The highest BCUT2D eigenvalue weighted by molar-refractivity contribution is 6.31. The highest BCUT2D eigenvalue weighted by Crippen LogP contribution is 2.20. The molecule has 0 spiro atoms. The average Bonchev–Trinajstić information content (AvgIpc) is 2.17. The van der Waals surface area contributed by atoms with Gasteiger partial charge in [-0.3, -0.25) is 4.79 Å². The van der Waals surface area contributed by atoms with Crippen molar-refractivity contribution in [2.75, 3.05) is 0 Å². The standard InChI is InChI=1S/C13H11ClO/c1-9(15)6-10-2-3-12-8-13(14)5-4-11(12)7-10/h2-5,7-8H,6H2,1H3. The second-order valence-electron chi connectivity index (χ2n) is 3.70. The lowest BCUT2D eigenvalue weighted by Crippen LogP contribution is -1.95. The molecule has 0 fully saturated rings. The van der Waals surface area contributed by atoms with Crippen LogP contribution in [0.25, 0.3) is 10.8 Å². The Morgan fingerprint density at radius 1 is 1.13 bits per heavy atom. The molecule has 0 radical (unpaired) electrons. The van der Waals surface area contributed by atoms with Crippen molar-refractivity contribution in [2.24, 2.45) is 0 Å². The summed E-state index contributed by atoms with van der Waals surface area (Å²) >= 11 is 5.89. The maximum atomic E-state index is 11.0. The van der Waals surface area contributed by atoms with E-state index in [1.807, 2.05) is 36.4 Å². The molecule has 2 heteroatoms. The number of fused-ring (bicyclic) bond motifs is 1. The van der Waals surface area contributed by atoms with E-state index in [-0.39, 0.29) is 5.78 Å². The SMILES string of the molecule is CC(=O)Cc1ccc2cc(Cl)ccc2c1. The fraction of sp³-hybridized carbons (Fsp3) is 0.154. The third-order valence-electron chi connectivity index (χ3n) is 2.32. The summed E-state index contributed by atoms with van der Waals surface area (Å²) in [5.41, 5.74) is 1.05. The number of ketones is 1. The van der Waals surface area contributed by atoms with Crippen molar-refractivity contribution in [1.29, 1.82) is 0 Å². The Kier molecular flexibility index (Phi) is 2.74. The molecule has 0 unspecified atom stereocenters. The lowest BCUT2D eigenvalue weighted by molar-refractivity contribution is -0.116. The van der Waals surface area contributed by atoms with Crippen molar-refractivity contribution in [1.82, 2.24) is 0 Å². The highest BCUT2D eigenvalue weighted by atomic mass is 35.5. The largest absolute Gasteiger partial charge is 0.300 e. The predicted molar refractivity (Wildman–Crippen MR) is 63.3 cm³/mol. The van der Waals surface area contributed by atoms with Crippen LogP contribution < -0.4 is 0 Å². The molecular weight excluding hydrogens is 208 g/mol. The van der Waals surface area contributed by atoms with Gasteiger partial charge >= 0.3 is 0 Å². The van der Waals surface area contributed by atoms with Crippen LogP contribution in [0.2, 0.25) is 5.02 Å². The molecule has 0 saturated heterocycles. The molecule has 0 saturated carbocycles. The van der Waals surface area contributed by atoms with E-state index < -0.39 is 0 Å². The van der Waals surface area contributed by atoms with Crippen molar-refractivity contribution < 1.29 is 4.79 Å². The molecule has 0 N–H and O–H groups in total. The number of halogens is 1. The van der Waals surface area contributed by atoms with Gasteiger partial charge in [0.15, 0.2) is 0 Å². The van der Waals surface area contributed by atoms with Crippen LogP contribution in [-0.4, -0.2) is 5.78 Å². The van der Waals surface area contributed by atoms with E-state index in [0.29, 0.717) is 6.42 Å². The summed E-state index contributed by atoms with van der Waals surface area (Å²) in [6.45, 7) is 1.60. The van der Waals surface area contributed by atoms with Crippen LogP contribution in [-0.2, 0) is 11.2 Å². The molecule has 76 valence electrons. The third kappa shape index (κ3) is 2.37. The van der Waals surface area contributed by atoms with Gasteiger partial charge in [0.25, 0.3) is 0 Å². The molecule has 2 aromatic rings. The van der Waals surface area contributed by atoms with Crippen LogP contribution in [0.4, 0.5) is 0 Å². The smallest absolute Gasteiger partial charge is 0.134 e. The maximum Gasteiger partial charge on any atom is 0.134 e. The topological polar surface area (TPSA) is 17.1 Å². The number of hydrogen-bond donors (Lipinski definition) is 0. The molecule has 0 aliphatic heterocycles. The summed E-state index contributed by atoms with van der Waals surface area (Å²) in [6.07, 6.45) is 0.499. The van der Waals surface area contributed by atoms with Gasteiger partial charge < -0.3 is 0 Å². The van der Waals surface area contributed by atoms with Gasteiger partial charge in [-0.25, -0.2) is 0 Å². The van der Waals surface area contributed by atoms with E-state index in [1.165, 1.54) is 0 Å². The number of Topliss-reactive ketones (excluding diaryl/α,β-unsaturated/α-hetero) is 1. The summed E-state index contributed by atoms with van der Waals surface area (Å²) in [4.78, 5) is 11.0. The average molecular weight is 219 g/mol. The zero-order chi connectivity index (χ0) is 10.8. The Morgan fingerprint density at radius 2 is 1.80 bits per heavy atom. The second kappa shape index (κ2) is 4.03. The molecule has 2 aromatic carbocycles. The molecule has 0 bridgehead atoms. The summed E-state index contributed by atoms with van der Waals surface area (Å²) in [7, 11) is 0. The molecule has 0 aliphatic rings. The molecule has 0 heterocycles. The first-order chi connectivity index (χ1) is 7.15. The minimum atomic E-state index is 0.184. The van der Waals surface area contributed by atoms with Crippen molar-refractivity contribution in [2.45, 2.75) is 13.3 Å². The monoisotopic (exact) mass is 218 g/mol. The normalized spacial score (nSPS) is 10.5. The second-order valence-corrected chi connectivity index (χ2v) is 4.14. The zero-order valence-electron chi connectivity index (χ0n) is 8.46. The predicted octanol–water partition coefficient (Wildman–Crippen LogP) is 3.62. The van der Waals surface area contributed by atoms with Gasteiger partial charge in [-0.1, -0.05) is 35.9 Å². The van der Waals surface area contributed by atoms with E-state index in [4.69, 9.17) is 11.6 Å². The van der Waals surface area contributed by atoms with Crippen LogP contribution in [0.1, 0.15) is 12.5 Å². The fourth-order valence-electron chi connectivity index (χ4n) is 1.66. The van der Waals surface area contributed by atoms with Crippen LogP contribution in [0.15, 0.2) is 36.4 Å². The van der Waals surface area contributed by atoms with Crippen LogP contribution in [0.5, 0.6) is 0 Å². The Balaban J connectivity index is 2.47. The van der Waals surface area contributed by atoms with Gasteiger partial charge in [-0.2, -0.15) is 0 Å². The third-order valence-corrected chi connectivity index (χ3v) is 2.55. The van der Waals surface area contributed by atoms with E-state index in [2.05, 4.69) is 0 Å². The first kappa shape index (κ1) is 10.2. The number of carbonyl (C=O) groups is 1. The molecule has 0 atom stereocenters. The van der Waals surface area contributed by atoms with Crippen LogP contribution in [0, 0.1) is 0 Å². The lowest BCUT2D eigenvalue weighted by atomic mass is 10.0. The van der Waals surface area contributed by atoms with E-state index in [0.717, 1.165) is 21.4 Å². The van der Waals surface area contributed by atoms with Crippen molar-refractivity contribution in [3.05, 3.63) is 47.0 Å². The van der Waals surface area contributed by atoms with Crippen molar-refractivity contribution in [3.63, 3.8) is 0 Å². The molecular formula is C13H11ClO. The summed E-state index contributed by atoms with van der Waals surface area (Å²) in [6, 6.07) is 11.8. The molecule has 15 heavy (non-hydrogen) atoms. The quantitative estimate of drug-likeness (QED) is 0.753. The van der Waals surface area contributed by atoms with Crippen LogP contribution in [0.3, 0.4) is 0 Å². The summed E-state index contributed by atoms with van der Waals surface area (Å²) in [5.74, 6) is 0.184. The van der Waals surface area contributed by atoms with Gasteiger partial charge in [-0.15, -0.1) is 0 Å². The Labute approximate surface area is 93.7 Å². The van der Waals surface area contributed by atoms with E-state index in [1.54, 1.807) is 6.92 Å². The highest BCUT2D eigenvalue weighted by Gasteiger charge is 2.00. The van der Waals surface area contributed by atoms with E-state index in [9.17, 15) is 4.79 Å². The fourth-order valence-corrected chi connectivity index (χ4v) is 1.84. The van der Waals surface area contributed by atoms with Gasteiger partial charge in [0.2, 0.25) is 0 Å². The molecule has 0 aliphatic carbocycles. The molecule has 0 aromatic heterocycles. The Morgan fingerprint density at radius 3 is 2.53 bits per heavy atom. The number of benzene rings is 2. The first-order valence-corrected chi connectivity index (χ1v) is 5.20. The number of rotatable bonds is 2. The molecule has 0 amide bonds. The lowest BCUT2D eigenvalue weighted by Gasteiger charge is -2.02. The van der Waals surface area contributed by atoms with Crippen molar-refractivity contribution in [3.8, 4) is 0 Å². The molecule has 1 nitrogen and oxygen atoms in total. The Bertz CT molecular complexity index is 517. The van der Waals surface area contributed by atoms with Gasteiger partial charge in [0.1, 0.15) is 5.78 Å². The minimum absolute atomic E-state index is 0.184. The van der Waals surface area contributed by atoms with Gasteiger partial charge in [-0.05, 0) is 35.4 Å². The van der Waals surface area contributed by atoms with Gasteiger partial charge in [0.05, 0.1) is 0 Å². The zero-order valence-corrected chi connectivity index (χ0v) is 9.21. The Hall–Kier alpha value is -1.34. The summed E-state index contributed by atoms with van der Waals surface area (Å²) < 4.78 is 0.